The Morgan fingerprint density at radius 1 is 1.06 bits per heavy atom. The number of nitrogens with zero attached hydrogens (tertiary/aromatic N) is 1. The van der Waals surface area contributed by atoms with Gasteiger partial charge in [0.1, 0.15) is 6.61 Å². The Labute approximate surface area is 195 Å². The van der Waals surface area contributed by atoms with Crippen LogP contribution < -0.4 is 14.8 Å². The van der Waals surface area contributed by atoms with Gasteiger partial charge in [0, 0.05) is 17.8 Å². The lowest BCUT2D eigenvalue weighted by Gasteiger charge is -2.37. The molecule has 5 rings (SSSR count). The van der Waals surface area contributed by atoms with Crippen molar-refractivity contribution in [2.24, 2.45) is 10.9 Å². The molecule has 0 unspecified atom stereocenters. The van der Waals surface area contributed by atoms with Crippen molar-refractivity contribution in [1.29, 1.82) is 0 Å². The smallest absolute Gasteiger partial charge is 0.161 e. The average Bonchev–Trinajstić information content (AvgIpc) is 3.37. The number of aliphatic imine (C=N–C) groups is 1. The fourth-order valence-electron chi connectivity index (χ4n) is 4.82. The molecule has 0 aromatic heterocycles. The maximum atomic E-state index is 5.62. The minimum absolute atomic E-state index is 0.297. The van der Waals surface area contributed by atoms with Gasteiger partial charge in [-0.1, -0.05) is 55.1 Å². The van der Waals surface area contributed by atoms with Crippen LogP contribution >= 0.6 is 0 Å². The van der Waals surface area contributed by atoms with Crippen LogP contribution in [-0.2, 0) is 0 Å². The van der Waals surface area contributed by atoms with E-state index in [4.69, 9.17) is 9.47 Å². The van der Waals surface area contributed by atoms with E-state index in [0.29, 0.717) is 36.0 Å². The van der Waals surface area contributed by atoms with Crippen LogP contribution in [0.2, 0.25) is 0 Å². The van der Waals surface area contributed by atoms with Crippen LogP contribution in [0.5, 0.6) is 11.5 Å². The quantitative estimate of drug-likeness (QED) is 0.326. The molecule has 33 heavy (non-hydrogen) atoms. The molecule has 4 heteroatoms. The SMILES string of the molecule is C=CCOc1ccc(C=Nc2ccc([C@@H]3Nc4ccccc4[C@H]4C=CC[C@H]43)cc2)cc1OC. The summed E-state index contributed by atoms with van der Waals surface area (Å²) >= 11 is 0. The number of nitrogens with one attached hydrogen (secondary N) is 1. The van der Waals surface area contributed by atoms with Gasteiger partial charge in [0.2, 0.25) is 0 Å². The summed E-state index contributed by atoms with van der Waals surface area (Å²) in [6, 6.07) is 23.3. The van der Waals surface area contributed by atoms with Crippen molar-refractivity contribution in [3.63, 3.8) is 0 Å². The maximum Gasteiger partial charge on any atom is 0.161 e. The number of allylic oxidation sites excluding steroid dienone is 2. The van der Waals surface area contributed by atoms with E-state index in [1.54, 1.807) is 13.2 Å². The zero-order valence-electron chi connectivity index (χ0n) is 18.8. The molecule has 1 aliphatic carbocycles. The van der Waals surface area contributed by atoms with E-state index in [9.17, 15) is 0 Å². The molecule has 1 aliphatic heterocycles. The molecule has 3 aromatic rings. The molecular weight excluding hydrogens is 408 g/mol. The number of ether oxygens (including phenoxy) is 2. The van der Waals surface area contributed by atoms with Gasteiger partial charge in [-0.3, -0.25) is 4.99 Å². The zero-order valence-corrected chi connectivity index (χ0v) is 18.8. The molecule has 0 saturated heterocycles. The van der Waals surface area contributed by atoms with E-state index in [0.717, 1.165) is 17.7 Å². The highest BCUT2D eigenvalue weighted by Gasteiger charge is 2.37. The lowest BCUT2D eigenvalue weighted by Crippen LogP contribution is -2.28. The van der Waals surface area contributed by atoms with Crippen molar-refractivity contribution in [1.82, 2.24) is 0 Å². The first-order valence-electron chi connectivity index (χ1n) is 11.3. The van der Waals surface area contributed by atoms with Crippen LogP contribution in [0.3, 0.4) is 0 Å². The molecule has 0 bridgehead atoms. The van der Waals surface area contributed by atoms with E-state index in [1.807, 2.05) is 24.4 Å². The molecule has 2 aliphatic rings. The molecule has 1 N–H and O–H groups in total. The van der Waals surface area contributed by atoms with Crippen molar-refractivity contribution < 1.29 is 9.47 Å². The Kier molecular flexibility index (Phi) is 5.99. The second-order valence-corrected chi connectivity index (χ2v) is 8.42. The molecule has 0 amide bonds. The van der Waals surface area contributed by atoms with Crippen molar-refractivity contribution in [2.75, 3.05) is 19.0 Å². The minimum atomic E-state index is 0.297. The average molecular weight is 437 g/mol. The maximum absolute atomic E-state index is 5.62. The number of para-hydroxylation sites is 1. The molecule has 0 saturated carbocycles. The van der Waals surface area contributed by atoms with Crippen molar-refractivity contribution in [3.8, 4) is 11.5 Å². The minimum Gasteiger partial charge on any atom is -0.493 e. The third-order valence-corrected chi connectivity index (χ3v) is 6.43. The predicted molar refractivity (Wildman–Crippen MR) is 135 cm³/mol. The number of hydrogen-bond donors (Lipinski definition) is 1. The molecule has 0 radical (unpaired) electrons. The van der Waals surface area contributed by atoms with E-state index in [2.05, 4.69) is 77.6 Å². The van der Waals surface area contributed by atoms with Gasteiger partial charge >= 0.3 is 0 Å². The monoisotopic (exact) mass is 436 g/mol. The molecule has 166 valence electrons. The standard InChI is InChI=1S/C29H28N2O2/c1-3-17-33-27-16-11-20(18-28(27)32-2)19-30-22-14-12-21(13-15-22)29-25-9-6-8-23(25)24-7-4-5-10-26(24)31-29/h3-8,10-16,18-19,23,25,29,31H,1,9,17H2,2H3/t23-,25-,29+/m1/s1. The Morgan fingerprint density at radius 2 is 1.91 bits per heavy atom. The van der Waals surface area contributed by atoms with Gasteiger partial charge in [0.25, 0.3) is 0 Å². The van der Waals surface area contributed by atoms with Crippen LogP contribution in [0.4, 0.5) is 11.4 Å². The van der Waals surface area contributed by atoms with E-state index in [-0.39, 0.29) is 0 Å². The Balaban J connectivity index is 1.32. The highest BCUT2D eigenvalue weighted by molar-refractivity contribution is 5.83. The van der Waals surface area contributed by atoms with E-state index < -0.39 is 0 Å². The molecular formula is C29H28N2O2. The van der Waals surface area contributed by atoms with Gasteiger partial charge in [-0.05, 0) is 65.4 Å². The van der Waals surface area contributed by atoms with Crippen molar-refractivity contribution in [2.45, 2.75) is 18.4 Å². The summed E-state index contributed by atoms with van der Waals surface area (Å²) in [5, 5.41) is 3.78. The molecule has 4 nitrogen and oxygen atoms in total. The van der Waals surface area contributed by atoms with Gasteiger partial charge in [0.05, 0.1) is 18.8 Å². The Bertz CT molecular complexity index is 1200. The summed E-state index contributed by atoms with van der Waals surface area (Å²) in [6.07, 6.45) is 9.36. The van der Waals surface area contributed by atoms with Gasteiger partial charge < -0.3 is 14.8 Å². The normalized spacial score (nSPS) is 20.7. The zero-order chi connectivity index (χ0) is 22.6. The Morgan fingerprint density at radius 3 is 2.73 bits per heavy atom. The number of benzene rings is 3. The van der Waals surface area contributed by atoms with Crippen molar-refractivity contribution in [3.05, 3.63) is 108 Å². The number of fused-ring (bicyclic) bond motifs is 3. The van der Waals surface area contributed by atoms with Crippen LogP contribution in [0.1, 0.15) is 35.1 Å². The second-order valence-electron chi connectivity index (χ2n) is 8.42. The summed E-state index contributed by atoms with van der Waals surface area (Å²) < 4.78 is 11.1. The number of hydrogen-bond acceptors (Lipinski definition) is 4. The number of methoxy groups -OCH3 is 1. The van der Waals surface area contributed by atoms with Crippen molar-refractivity contribution >= 4 is 17.6 Å². The fourth-order valence-corrected chi connectivity index (χ4v) is 4.82. The van der Waals surface area contributed by atoms with E-state index in [1.165, 1.54) is 16.8 Å². The second kappa shape index (κ2) is 9.37. The number of anilines is 1. The lowest BCUT2D eigenvalue weighted by atomic mass is 9.77. The first-order chi connectivity index (χ1) is 16.3. The highest BCUT2D eigenvalue weighted by Crippen LogP contribution is 2.49. The van der Waals surface area contributed by atoms with Crippen LogP contribution in [0.15, 0.2) is 96.5 Å². The summed E-state index contributed by atoms with van der Waals surface area (Å²) in [6.45, 7) is 4.12. The molecule has 0 fully saturated rings. The van der Waals surface area contributed by atoms with Gasteiger partial charge in [-0.2, -0.15) is 0 Å². The lowest BCUT2D eigenvalue weighted by molar-refractivity contribution is 0.326. The summed E-state index contributed by atoms with van der Waals surface area (Å²) in [4.78, 5) is 4.66. The van der Waals surface area contributed by atoms with Crippen LogP contribution in [-0.4, -0.2) is 19.9 Å². The third kappa shape index (κ3) is 4.29. The van der Waals surface area contributed by atoms with Gasteiger partial charge in [-0.25, -0.2) is 0 Å². The van der Waals surface area contributed by atoms with Gasteiger partial charge in [0.15, 0.2) is 11.5 Å². The van der Waals surface area contributed by atoms with Crippen LogP contribution in [0, 0.1) is 5.92 Å². The molecule has 1 heterocycles. The summed E-state index contributed by atoms with van der Waals surface area (Å²) in [5.41, 5.74) is 5.82. The first kappa shape index (κ1) is 21.1. The Hall–Kier alpha value is -3.79. The fraction of sp³-hybridized carbons (Fsp3) is 0.207. The topological polar surface area (TPSA) is 42.8 Å². The first-order valence-corrected chi connectivity index (χ1v) is 11.3. The molecule has 3 atom stereocenters. The van der Waals surface area contributed by atoms with E-state index >= 15 is 0 Å². The van der Waals surface area contributed by atoms with Crippen LogP contribution in [0.25, 0.3) is 0 Å². The highest BCUT2D eigenvalue weighted by atomic mass is 16.5. The molecule has 3 aromatic carbocycles. The summed E-state index contributed by atoms with van der Waals surface area (Å²) in [5.74, 6) is 2.40. The summed E-state index contributed by atoms with van der Waals surface area (Å²) in [7, 11) is 1.64. The largest absolute Gasteiger partial charge is 0.493 e. The molecule has 0 spiro atoms. The number of rotatable bonds is 7. The predicted octanol–water partition coefficient (Wildman–Crippen LogP) is 6.84. The third-order valence-electron chi connectivity index (χ3n) is 6.43. The van der Waals surface area contributed by atoms with Gasteiger partial charge in [-0.15, -0.1) is 0 Å².